The van der Waals surface area contributed by atoms with E-state index in [1.54, 1.807) is 0 Å². The third-order valence-electron chi connectivity index (χ3n) is 3.47. The quantitative estimate of drug-likeness (QED) is 0.726. The molecule has 1 spiro atoms. The van der Waals surface area contributed by atoms with Crippen LogP contribution in [0.25, 0.3) is 0 Å². The fourth-order valence-corrected chi connectivity index (χ4v) is 4.51. The zero-order valence-corrected chi connectivity index (χ0v) is 12.4. The lowest BCUT2D eigenvalue weighted by atomic mass is 9.95. The first kappa shape index (κ1) is 12.0. The maximum absolute atomic E-state index is 5.94. The van der Waals surface area contributed by atoms with Gasteiger partial charge >= 0.3 is 0 Å². The molecule has 0 N–H and O–H groups in total. The molecule has 0 amide bonds. The van der Waals surface area contributed by atoms with E-state index in [0.29, 0.717) is 13.2 Å². The average molecular weight is 315 g/mol. The molecule has 2 nitrogen and oxygen atoms in total. The molecule has 4 heteroatoms. The predicted molar refractivity (Wildman–Crippen MR) is 72.5 cm³/mol. The summed E-state index contributed by atoms with van der Waals surface area (Å²) in [6.45, 7) is 5.70. The number of halogens is 1. The van der Waals surface area contributed by atoms with Gasteiger partial charge < -0.3 is 9.47 Å². The summed E-state index contributed by atoms with van der Waals surface area (Å²) in [6.07, 6.45) is 0.946. The molecule has 0 atom stereocenters. The van der Waals surface area contributed by atoms with Gasteiger partial charge in [-0.05, 0) is 31.0 Å². The molecule has 3 rings (SSSR count). The van der Waals surface area contributed by atoms with Crippen molar-refractivity contribution in [1.29, 1.82) is 0 Å². The molecule has 0 aromatic heterocycles. The SMILES string of the molecule is Cc1cc(Br)c(C)c2c1SCCC21OCCO1. The highest BCUT2D eigenvalue weighted by Crippen LogP contribution is 2.49. The molecule has 2 heterocycles. The summed E-state index contributed by atoms with van der Waals surface area (Å²) in [4.78, 5) is 1.35. The minimum atomic E-state index is -0.473. The van der Waals surface area contributed by atoms with Gasteiger partial charge in [-0.25, -0.2) is 0 Å². The third kappa shape index (κ3) is 1.77. The Labute approximate surface area is 114 Å². The van der Waals surface area contributed by atoms with Gasteiger partial charge in [0.25, 0.3) is 0 Å². The van der Waals surface area contributed by atoms with Crippen LogP contribution in [-0.2, 0) is 15.3 Å². The van der Waals surface area contributed by atoms with Crippen molar-refractivity contribution in [3.63, 3.8) is 0 Å². The maximum atomic E-state index is 5.94. The highest BCUT2D eigenvalue weighted by Gasteiger charge is 2.44. The second kappa shape index (κ2) is 4.26. The molecule has 0 bridgehead atoms. The molecule has 0 aliphatic carbocycles. The van der Waals surface area contributed by atoms with E-state index in [1.807, 2.05) is 11.8 Å². The van der Waals surface area contributed by atoms with Crippen molar-refractivity contribution in [3.8, 4) is 0 Å². The minimum Gasteiger partial charge on any atom is -0.343 e. The number of thioether (sulfide) groups is 1. The topological polar surface area (TPSA) is 18.5 Å². The Hall–Kier alpha value is -0.0300. The van der Waals surface area contributed by atoms with E-state index >= 15 is 0 Å². The summed E-state index contributed by atoms with van der Waals surface area (Å²) < 4.78 is 13.0. The van der Waals surface area contributed by atoms with E-state index in [9.17, 15) is 0 Å². The molecule has 92 valence electrons. The highest BCUT2D eigenvalue weighted by molar-refractivity contribution is 9.10. The fourth-order valence-electron chi connectivity index (χ4n) is 2.65. The van der Waals surface area contributed by atoms with Crippen LogP contribution < -0.4 is 0 Å². The largest absolute Gasteiger partial charge is 0.343 e. The summed E-state index contributed by atoms with van der Waals surface area (Å²) in [5, 5.41) is 0. The van der Waals surface area contributed by atoms with Gasteiger partial charge in [-0.2, -0.15) is 0 Å². The zero-order valence-electron chi connectivity index (χ0n) is 10.0. The third-order valence-corrected chi connectivity index (χ3v) is 5.52. The van der Waals surface area contributed by atoms with Crippen LogP contribution in [0.3, 0.4) is 0 Å². The van der Waals surface area contributed by atoms with Crippen molar-refractivity contribution in [2.24, 2.45) is 0 Å². The van der Waals surface area contributed by atoms with Crippen LogP contribution in [0.15, 0.2) is 15.4 Å². The Bertz CT molecular complexity index is 467. The summed E-state index contributed by atoms with van der Waals surface area (Å²) in [6, 6.07) is 2.19. The molecule has 1 fully saturated rings. The monoisotopic (exact) mass is 314 g/mol. The van der Waals surface area contributed by atoms with Crippen LogP contribution in [0, 0.1) is 13.8 Å². The minimum absolute atomic E-state index is 0.473. The fraction of sp³-hybridized carbons (Fsp3) is 0.538. The first-order valence-corrected chi connectivity index (χ1v) is 7.63. The molecule has 0 radical (unpaired) electrons. The molecule has 2 aliphatic rings. The lowest BCUT2D eigenvalue weighted by Gasteiger charge is -2.35. The number of hydrogen-bond acceptors (Lipinski definition) is 3. The van der Waals surface area contributed by atoms with Crippen molar-refractivity contribution in [3.05, 3.63) is 27.2 Å². The number of aryl methyl sites for hydroxylation is 1. The second-order valence-electron chi connectivity index (χ2n) is 4.55. The van der Waals surface area contributed by atoms with Crippen molar-refractivity contribution >= 4 is 27.7 Å². The first-order valence-electron chi connectivity index (χ1n) is 5.85. The van der Waals surface area contributed by atoms with Crippen molar-refractivity contribution < 1.29 is 9.47 Å². The van der Waals surface area contributed by atoms with Crippen LogP contribution in [-0.4, -0.2) is 19.0 Å². The molecule has 17 heavy (non-hydrogen) atoms. The molecule has 0 unspecified atom stereocenters. The zero-order chi connectivity index (χ0) is 12.0. The Morgan fingerprint density at radius 2 is 2.00 bits per heavy atom. The molecule has 0 saturated carbocycles. The lowest BCUT2D eigenvalue weighted by molar-refractivity contribution is -0.170. The van der Waals surface area contributed by atoms with Gasteiger partial charge in [0.15, 0.2) is 5.79 Å². The van der Waals surface area contributed by atoms with E-state index in [-0.39, 0.29) is 0 Å². The van der Waals surface area contributed by atoms with E-state index in [0.717, 1.165) is 16.6 Å². The van der Waals surface area contributed by atoms with Crippen LogP contribution >= 0.6 is 27.7 Å². The molecule has 1 aromatic carbocycles. The average Bonchev–Trinajstić information content (AvgIpc) is 2.75. The molecule has 1 aromatic rings. The number of fused-ring (bicyclic) bond motifs is 2. The maximum Gasteiger partial charge on any atom is 0.197 e. The van der Waals surface area contributed by atoms with Crippen LogP contribution in [0.1, 0.15) is 23.1 Å². The van der Waals surface area contributed by atoms with Gasteiger partial charge in [-0.15, -0.1) is 11.8 Å². The molecular formula is C13H15BrO2S. The molecular weight excluding hydrogens is 300 g/mol. The van der Waals surface area contributed by atoms with Gasteiger partial charge in [0.1, 0.15) is 0 Å². The number of hydrogen-bond donors (Lipinski definition) is 0. The number of ether oxygens (including phenoxy) is 2. The standard InChI is InChI=1S/C13H15BrO2S/c1-8-7-10(14)9(2)11-12(8)17-6-3-13(11)15-4-5-16-13/h7H,3-6H2,1-2H3. The Kier molecular flexibility index (Phi) is 3.02. The van der Waals surface area contributed by atoms with Gasteiger partial charge in [0.05, 0.1) is 13.2 Å². The van der Waals surface area contributed by atoms with Crippen LogP contribution in [0.4, 0.5) is 0 Å². The Morgan fingerprint density at radius 1 is 1.29 bits per heavy atom. The van der Waals surface area contributed by atoms with Gasteiger partial charge in [0.2, 0.25) is 0 Å². The molecule has 1 saturated heterocycles. The van der Waals surface area contributed by atoms with Gasteiger partial charge in [-0.1, -0.05) is 15.9 Å². The van der Waals surface area contributed by atoms with Gasteiger partial charge in [0, 0.05) is 27.1 Å². The predicted octanol–water partition coefficient (Wildman–Crippen LogP) is 3.76. The second-order valence-corrected chi connectivity index (χ2v) is 6.51. The van der Waals surface area contributed by atoms with E-state index in [4.69, 9.17) is 9.47 Å². The first-order chi connectivity index (χ1) is 8.14. The summed E-state index contributed by atoms with van der Waals surface area (Å²) in [5.41, 5.74) is 3.80. The highest BCUT2D eigenvalue weighted by atomic mass is 79.9. The van der Waals surface area contributed by atoms with E-state index in [2.05, 4.69) is 35.8 Å². The van der Waals surface area contributed by atoms with Crippen molar-refractivity contribution in [2.45, 2.75) is 31.0 Å². The summed E-state index contributed by atoms with van der Waals surface area (Å²) >= 11 is 5.55. The molecule has 2 aliphatic heterocycles. The Morgan fingerprint density at radius 3 is 2.71 bits per heavy atom. The summed E-state index contributed by atoms with van der Waals surface area (Å²) in [7, 11) is 0. The van der Waals surface area contributed by atoms with Crippen LogP contribution in [0.2, 0.25) is 0 Å². The summed E-state index contributed by atoms with van der Waals surface area (Å²) in [5.74, 6) is 0.591. The normalized spacial score (nSPS) is 21.8. The van der Waals surface area contributed by atoms with Crippen molar-refractivity contribution in [1.82, 2.24) is 0 Å². The lowest BCUT2D eigenvalue weighted by Crippen LogP contribution is -2.32. The number of rotatable bonds is 0. The smallest absolute Gasteiger partial charge is 0.197 e. The van der Waals surface area contributed by atoms with Crippen LogP contribution in [0.5, 0.6) is 0 Å². The van der Waals surface area contributed by atoms with E-state index < -0.39 is 5.79 Å². The van der Waals surface area contributed by atoms with Crippen molar-refractivity contribution in [2.75, 3.05) is 19.0 Å². The number of benzene rings is 1. The van der Waals surface area contributed by atoms with Gasteiger partial charge in [-0.3, -0.25) is 0 Å². The Balaban J connectivity index is 2.25. The van der Waals surface area contributed by atoms with E-state index in [1.165, 1.54) is 21.6 Å².